The van der Waals surface area contributed by atoms with Crippen molar-refractivity contribution in [1.29, 1.82) is 0 Å². The Kier molecular flexibility index (Phi) is 5.15. The third kappa shape index (κ3) is 3.65. The van der Waals surface area contributed by atoms with Crippen LogP contribution in [0.2, 0.25) is 10.0 Å². The van der Waals surface area contributed by atoms with Gasteiger partial charge in [-0.15, -0.1) is 11.3 Å². The van der Waals surface area contributed by atoms with Crippen LogP contribution in [-0.4, -0.2) is 23.0 Å². The number of carboxylic acids is 1. The van der Waals surface area contributed by atoms with E-state index in [0.717, 1.165) is 34.6 Å². The average molecular weight is 432 g/mol. The second kappa shape index (κ2) is 7.59. The fraction of sp³-hybridized carbons (Fsp3) is 0.143. The second-order valence-corrected chi connectivity index (χ2v) is 8.42. The monoisotopic (exact) mass is 431 g/mol. The molecule has 4 rings (SSSR count). The van der Waals surface area contributed by atoms with Gasteiger partial charge in [-0.3, -0.25) is 4.79 Å². The maximum atomic E-state index is 13.3. The summed E-state index contributed by atoms with van der Waals surface area (Å²) in [7, 11) is 0. The zero-order valence-corrected chi connectivity index (χ0v) is 16.9. The van der Waals surface area contributed by atoms with Gasteiger partial charge in [-0.2, -0.15) is 0 Å². The fourth-order valence-corrected chi connectivity index (χ4v) is 4.42. The Hall–Kier alpha value is -2.34. The molecular formula is C21H15Cl2NO3S. The van der Waals surface area contributed by atoms with Gasteiger partial charge in [0.05, 0.1) is 16.3 Å². The number of thiophene rings is 1. The van der Waals surface area contributed by atoms with Crippen LogP contribution in [0.1, 0.15) is 32.9 Å². The largest absolute Gasteiger partial charge is 0.477 e. The van der Waals surface area contributed by atoms with Crippen molar-refractivity contribution < 1.29 is 14.7 Å². The zero-order valence-electron chi connectivity index (χ0n) is 14.6. The summed E-state index contributed by atoms with van der Waals surface area (Å²) >= 11 is 13.4. The molecule has 1 saturated carbocycles. The van der Waals surface area contributed by atoms with Crippen LogP contribution in [-0.2, 0) is 0 Å². The Morgan fingerprint density at radius 2 is 1.75 bits per heavy atom. The van der Waals surface area contributed by atoms with Crippen molar-refractivity contribution in [2.24, 2.45) is 0 Å². The van der Waals surface area contributed by atoms with Crippen molar-refractivity contribution in [3.63, 3.8) is 0 Å². The number of nitrogens with zero attached hydrogens (tertiary/aromatic N) is 1. The maximum Gasteiger partial charge on any atom is 0.348 e. The summed E-state index contributed by atoms with van der Waals surface area (Å²) in [6.45, 7) is 0. The number of carbonyl (C=O) groups excluding carboxylic acids is 1. The Labute approximate surface area is 175 Å². The van der Waals surface area contributed by atoms with Gasteiger partial charge in [0.2, 0.25) is 0 Å². The minimum Gasteiger partial charge on any atom is -0.477 e. The molecule has 3 aromatic rings. The van der Waals surface area contributed by atoms with Crippen LogP contribution in [0.5, 0.6) is 0 Å². The molecule has 0 saturated heterocycles. The van der Waals surface area contributed by atoms with Gasteiger partial charge in [-0.25, -0.2) is 4.79 Å². The predicted molar refractivity (Wildman–Crippen MR) is 113 cm³/mol. The normalized spacial score (nSPS) is 13.4. The van der Waals surface area contributed by atoms with Gasteiger partial charge in [-0.05, 0) is 42.7 Å². The molecular weight excluding hydrogens is 417 g/mol. The summed E-state index contributed by atoms with van der Waals surface area (Å²) in [5.74, 6) is -1.40. The molecule has 1 N–H and O–H groups in total. The van der Waals surface area contributed by atoms with Crippen molar-refractivity contribution in [2.75, 3.05) is 4.90 Å². The number of aromatic carboxylic acids is 1. The molecule has 1 amide bonds. The molecule has 4 nitrogen and oxygen atoms in total. The highest BCUT2D eigenvalue weighted by molar-refractivity contribution is 7.18. The molecule has 0 aliphatic heterocycles. The lowest BCUT2D eigenvalue weighted by atomic mass is 10.1. The molecule has 1 aliphatic carbocycles. The van der Waals surface area contributed by atoms with E-state index in [1.54, 1.807) is 23.1 Å². The molecule has 0 spiro atoms. The molecule has 28 heavy (non-hydrogen) atoms. The first-order chi connectivity index (χ1) is 13.5. The van der Waals surface area contributed by atoms with E-state index in [-0.39, 0.29) is 27.4 Å². The number of carboxylic acid groups (broad SMARTS) is 1. The van der Waals surface area contributed by atoms with Gasteiger partial charge >= 0.3 is 5.97 Å². The standard InChI is InChI=1S/C21H15Cl2NO3S/c22-13-6-9-16(23)15(10-13)20(25)24(14-7-8-14)17-11-18(28-19(17)21(26)27)12-4-2-1-3-5-12/h1-6,9-11,14H,7-8H2,(H,26,27). The van der Waals surface area contributed by atoms with Crippen molar-refractivity contribution >= 4 is 52.1 Å². The molecule has 0 radical (unpaired) electrons. The number of hydrogen-bond donors (Lipinski definition) is 1. The van der Waals surface area contributed by atoms with Crippen LogP contribution in [0.3, 0.4) is 0 Å². The molecule has 2 aromatic carbocycles. The number of halogens is 2. The number of hydrogen-bond acceptors (Lipinski definition) is 3. The van der Waals surface area contributed by atoms with Gasteiger partial charge in [0.1, 0.15) is 4.88 Å². The smallest absolute Gasteiger partial charge is 0.348 e. The summed E-state index contributed by atoms with van der Waals surface area (Å²) in [6.07, 6.45) is 1.64. The molecule has 0 unspecified atom stereocenters. The highest BCUT2D eigenvalue weighted by atomic mass is 35.5. The van der Waals surface area contributed by atoms with Crippen LogP contribution < -0.4 is 4.90 Å². The van der Waals surface area contributed by atoms with E-state index in [1.165, 1.54) is 6.07 Å². The lowest BCUT2D eigenvalue weighted by Gasteiger charge is -2.23. The molecule has 1 aromatic heterocycles. The van der Waals surface area contributed by atoms with Crippen molar-refractivity contribution in [3.05, 3.63) is 75.1 Å². The zero-order chi connectivity index (χ0) is 19.8. The Bertz CT molecular complexity index is 1060. The molecule has 142 valence electrons. The average Bonchev–Trinajstić information content (AvgIpc) is 3.42. The molecule has 1 aliphatic rings. The summed E-state index contributed by atoms with van der Waals surface area (Å²) in [4.78, 5) is 27.7. The minimum absolute atomic E-state index is 0.0427. The lowest BCUT2D eigenvalue weighted by Crippen LogP contribution is -2.34. The van der Waals surface area contributed by atoms with E-state index < -0.39 is 5.97 Å². The fourth-order valence-electron chi connectivity index (χ4n) is 3.05. The van der Waals surface area contributed by atoms with Gasteiger partial charge in [-0.1, -0.05) is 53.5 Å². The Balaban J connectivity index is 1.82. The van der Waals surface area contributed by atoms with E-state index in [1.807, 2.05) is 30.3 Å². The maximum absolute atomic E-state index is 13.3. The van der Waals surface area contributed by atoms with Crippen LogP contribution in [0.15, 0.2) is 54.6 Å². The first-order valence-electron chi connectivity index (χ1n) is 8.67. The van der Waals surface area contributed by atoms with E-state index in [4.69, 9.17) is 23.2 Å². The SMILES string of the molecule is O=C(O)c1sc(-c2ccccc2)cc1N(C(=O)c1cc(Cl)ccc1Cl)C1CC1. The van der Waals surface area contributed by atoms with Gasteiger partial charge < -0.3 is 10.0 Å². The molecule has 1 heterocycles. The first-order valence-corrected chi connectivity index (χ1v) is 10.2. The quantitative estimate of drug-likeness (QED) is 0.520. The second-order valence-electron chi connectivity index (χ2n) is 6.53. The van der Waals surface area contributed by atoms with Crippen molar-refractivity contribution in [1.82, 2.24) is 0 Å². The van der Waals surface area contributed by atoms with Crippen LogP contribution in [0.4, 0.5) is 5.69 Å². The van der Waals surface area contributed by atoms with E-state index >= 15 is 0 Å². The Morgan fingerprint density at radius 1 is 1.04 bits per heavy atom. The van der Waals surface area contributed by atoms with Crippen molar-refractivity contribution in [3.8, 4) is 10.4 Å². The summed E-state index contributed by atoms with van der Waals surface area (Å²) < 4.78 is 0. The summed E-state index contributed by atoms with van der Waals surface area (Å²) in [6, 6.07) is 16.0. The number of rotatable bonds is 5. The lowest BCUT2D eigenvalue weighted by molar-refractivity contribution is 0.0703. The summed E-state index contributed by atoms with van der Waals surface area (Å²) in [5.41, 5.74) is 1.58. The number of carbonyl (C=O) groups is 2. The molecule has 1 fully saturated rings. The van der Waals surface area contributed by atoms with Gasteiger partial charge in [0.25, 0.3) is 5.91 Å². The molecule has 7 heteroatoms. The van der Waals surface area contributed by atoms with Crippen LogP contribution >= 0.6 is 34.5 Å². The number of benzene rings is 2. The van der Waals surface area contributed by atoms with Crippen LogP contribution in [0.25, 0.3) is 10.4 Å². The minimum atomic E-state index is -1.06. The third-order valence-corrected chi connectivity index (χ3v) is 6.24. The number of amides is 1. The number of anilines is 1. The topological polar surface area (TPSA) is 57.6 Å². The first kappa shape index (κ1) is 19.0. The van der Waals surface area contributed by atoms with Gasteiger partial charge in [0, 0.05) is 15.9 Å². The summed E-state index contributed by atoms with van der Waals surface area (Å²) in [5, 5.41) is 10.4. The van der Waals surface area contributed by atoms with Crippen LogP contribution in [0, 0.1) is 0 Å². The van der Waals surface area contributed by atoms with E-state index in [9.17, 15) is 14.7 Å². The highest BCUT2D eigenvalue weighted by Crippen LogP contribution is 2.42. The van der Waals surface area contributed by atoms with Gasteiger partial charge in [0.15, 0.2) is 0 Å². The third-order valence-electron chi connectivity index (χ3n) is 4.51. The molecule has 0 atom stereocenters. The highest BCUT2D eigenvalue weighted by Gasteiger charge is 2.38. The molecule has 0 bridgehead atoms. The van der Waals surface area contributed by atoms with E-state index in [0.29, 0.717) is 10.7 Å². The predicted octanol–water partition coefficient (Wildman–Crippen LogP) is 6.23. The van der Waals surface area contributed by atoms with E-state index in [2.05, 4.69) is 0 Å². The Morgan fingerprint density at radius 3 is 2.39 bits per heavy atom. The van der Waals surface area contributed by atoms with Crippen molar-refractivity contribution in [2.45, 2.75) is 18.9 Å².